The summed E-state index contributed by atoms with van der Waals surface area (Å²) >= 11 is 0. The normalized spacial score (nSPS) is 10.4. The number of fused-ring (bicyclic) bond motifs is 1. The van der Waals surface area contributed by atoms with Gasteiger partial charge < -0.3 is 4.74 Å². The summed E-state index contributed by atoms with van der Waals surface area (Å²) in [5.41, 5.74) is 2.44. The van der Waals surface area contributed by atoms with Gasteiger partial charge in [-0.25, -0.2) is 14.2 Å². The number of carbonyl (C=O) groups is 2. The summed E-state index contributed by atoms with van der Waals surface area (Å²) in [4.78, 5) is 31.5. The van der Waals surface area contributed by atoms with Crippen LogP contribution in [0.15, 0.2) is 84.9 Å². The van der Waals surface area contributed by atoms with Crippen LogP contribution in [-0.2, 0) is 9.53 Å². The second-order valence-electron chi connectivity index (χ2n) is 7.13. The smallest absolute Gasteiger partial charge is 0.339 e. The number of ether oxygens (including phenoxy) is 1. The van der Waals surface area contributed by atoms with Crippen LogP contribution in [0.25, 0.3) is 22.2 Å². The van der Waals surface area contributed by atoms with E-state index in [1.807, 2.05) is 6.07 Å². The predicted octanol–water partition coefficient (Wildman–Crippen LogP) is 4.75. The molecule has 4 rings (SSSR count). The fourth-order valence-corrected chi connectivity index (χ4v) is 3.40. The van der Waals surface area contributed by atoms with Crippen LogP contribution >= 0.6 is 0 Å². The van der Waals surface area contributed by atoms with E-state index in [2.05, 4.69) is 4.98 Å². The largest absolute Gasteiger partial charge is 0.452 e. The maximum atomic E-state index is 13.3. The molecule has 0 bridgehead atoms. The van der Waals surface area contributed by atoms with E-state index in [-0.39, 0.29) is 17.9 Å². The summed E-state index contributed by atoms with van der Waals surface area (Å²) < 4.78 is 18.7. The number of halogens is 1. The summed E-state index contributed by atoms with van der Waals surface area (Å²) in [6, 6.07) is 25.0. The van der Waals surface area contributed by atoms with Gasteiger partial charge in [0, 0.05) is 16.6 Å². The van der Waals surface area contributed by atoms with Crippen molar-refractivity contribution in [2.24, 2.45) is 0 Å². The minimum Gasteiger partial charge on any atom is -0.452 e. The van der Waals surface area contributed by atoms with Gasteiger partial charge in [0.2, 0.25) is 0 Å². The van der Waals surface area contributed by atoms with E-state index in [4.69, 9.17) is 10.00 Å². The van der Waals surface area contributed by atoms with E-state index in [1.165, 1.54) is 17.0 Å². The Kier molecular flexibility index (Phi) is 6.37. The van der Waals surface area contributed by atoms with Crippen LogP contribution < -0.4 is 4.90 Å². The van der Waals surface area contributed by atoms with Gasteiger partial charge in [0.05, 0.1) is 22.8 Å². The molecule has 162 valence electrons. The van der Waals surface area contributed by atoms with Crippen molar-refractivity contribution in [3.63, 3.8) is 0 Å². The van der Waals surface area contributed by atoms with Crippen LogP contribution in [0.4, 0.5) is 10.1 Å². The van der Waals surface area contributed by atoms with Gasteiger partial charge in [-0.3, -0.25) is 9.69 Å². The molecule has 0 radical (unpaired) electrons. The van der Waals surface area contributed by atoms with E-state index in [0.29, 0.717) is 27.8 Å². The molecular formula is C26H18FN3O3. The number of amides is 1. The summed E-state index contributed by atoms with van der Waals surface area (Å²) in [6.45, 7) is -0.703. The van der Waals surface area contributed by atoms with E-state index in [1.54, 1.807) is 72.8 Å². The molecule has 0 N–H and O–H groups in total. The van der Waals surface area contributed by atoms with Crippen molar-refractivity contribution in [2.45, 2.75) is 0 Å². The highest BCUT2D eigenvalue weighted by atomic mass is 19.1. The highest BCUT2D eigenvalue weighted by molar-refractivity contribution is 6.05. The molecule has 1 heterocycles. The zero-order valence-electron chi connectivity index (χ0n) is 17.4. The third-order valence-corrected chi connectivity index (χ3v) is 5.00. The topological polar surface area (TPSA) is 83.3 Å². The fraction of sp³-hybridized carbons (Fsp3) is 0.0769. The average molecular weight is 439 g/mol. The van der Waals surface area contributed by atoms with Crippen molar-refractivity contribution in [3.8, 4) is 17.3 Å². The number of hydrogen-bond acceptors (Lipinski definition) is 5. The zero-order chi connectivity index (χ0) is 23.2. The maximum Gasteiger partial charge on any atom is 0.339 e. The van der Waals surface area contributed by atoms with Gasteiger partial charge in [-0.05, 0) is 48.5 Å². The number of esters is 1. The Labute approximate surface area is 189 Å². The molecule has 0 aliphatic carbocycles. The SMILES string of the molecule is N#CCN(C(=O)COC(=O)c1cc(-c2ccc(F)cc2)nc2ccccc12)c1ccccc1. The van der Waals surface area contributed by atoms with Gasteiger partial charge in [-0.15, -0.1) is 0 Å². The lowest BCUT2D eigenvalue weighted by Gasteiger charge is -2.19. The fourth-order valence-electron chi connectivity index (χ4n) is 3.40. The number of anilines is 1. The Morgan fingerprint density at radius 1 is 0.970 bits per heavy atom. The molecule has 33 heavy (non-hydrogen) atoms. The van der Waals surface area contributed by atoms with Crippen LogP contribution in [0, 0.1) is 17.1 Å². The molecule has 1 aromatic heterocycles. The van der Waals surface area contributed by atoms with Crippen molar-refractivity contribution in [1.29, 1.82) is 5.26 Å². The molecule has 0 atom stereocenters. The first-order chi connectivity index (χ1) is 16.1. The van der Waals surface area contributed by atoms with Crippen LogP contribution in [-0.4, -0.2) is 30.0 Å². The summed E-state index contributed by atoms with van der Waals surface area (Å²) in [5.74, 6) is -1.60. The molecule has 7 heteroatoms. The number of carbonyl (C=O) groups excluding carboxylic acids is 2. The van der Waals surface area contributed by atoms with Crippen LogP contribution in [0.1, 0.15) is 10.4 Å². The monoisotopic (exact) mass is 439 g/mol. The molecule has 0 aliphatic rings. The number of hydrogen-bond donors (Lipinski definition) is 0. The maximum absolute atomic E-state index is 13.3. The third kappa shape index (κ3) is 4.86. The molecule has 0 fully saturated rings. The van der Waals surface area contributed by atoms with E-state index in [0.717, 1.165) is 0 Å². The number of para-hydroxylation sites is 2. The molecule has 0 saturated heterocycles. The number of rotatable bonds is 6. The van der Waals surface area contributed by atoms with E-state index >= 15 is 0 Å². The van der Waals surface area contributed by atoms with Gasteiger partial charge in [0.15, 0.2) is 6.61 Å². The first kappa shape index (κ1) is 21.7. The van der Waals surface area contributed by atoms with Crippen molar-refractivity contribution in [1.82, 2.24) is 4.98 Å². The average Bonchev–Trinajstić information content (AvgIpc) is 2.86. The standard InChI is InChI=1S/C26H18FN3O3/c27-19-12-10-18(11-13-19)24-16-22(21-8-4-5-9-23(21)29-24)26(32)33-17-25(31)30(15-14-28)20-6-2-1-3-7-20/h1-13,16H,15,17H2. The lowest BCUT2D eigenvalue weighted by molar-refractivity contribution is -0.121. The lowest BCUT2D eigenvalue weighted by Crippen LogP contribution is -2.35. The Morgan fingerprint density at radius 3 is 2.39 bits per heavy atom. The van der Waals surface area contributed by atoms with Crippen LogP contribution in [0.3, 0.4) is 0 Å². The van der Waals surface area contributed by atoms with E-state index in [9.17, 15) is 14.0 Å². The minimum absolute atomic E-state index is 0.173. The highest BCUT2D eigenvalue weighted by Crippen LogP contribution is 2.26. The van der Waals surface area contributed by atoms with E-state index < -0.39 is 18.5 Å². The van der Waals surface area contributed by atoms with Gasteiger partial charge in [-0.2, -0.15) is 5.26 Å². The van der Waals surface area contributed by atoms with Gasteiger partial charge >= 0.3 is 5.97 Å². The van der Waals surface area contributed by atoms with Crippen LogP contribution in [0.2, 0.25) is 0 Å². The Hall–Kier alpha value is -4.57. The zero-order valence-corrected chi connectivity index (χ0v) is 17.4. The first-order valence-electron chi connectivity index (χ1n) is 10.1. The molecule has 0 spiro atoms. The third-order valence-electron chi connectivity index (χ3n) is 5.00. The van der Waals surface area contributed by atoms with Gasteiger partial charge in [0.25, 0.3) is 5.91 Å². The molecule has 6 nitrogen and oxygen atoms in total. The lowest BCUT2D eigenvalue weighted by atomic mass is 10.0. The molecule has 0 saturated carbocycles. The first-order valence-corrected chi connectivity index (χ1v) is 10.1. The predicted molar refractivity (Wildman–Crippen MR) is 122 cm³/mol. The van der Waals surface area contributed by atoms with Crippen molar-refractivity contribution >= 4 is 28.5 Å². The Balaban J connectivity index is 1.60. The van der Waals surface area contributed by atoms with Crippen molar-refractivity contribution in [2.75, 3.05) is 18.1 Å². The number of aromatic nitrogens is 1. The highest BCUT2D eigenvalue weighted by Gasteiger charge is 2.20. The van der Waals surface area contributed by atoms with Crippen molar-refractivity contribution < 1.29 is 18.7 Å². The van der Waals surface area contributed by atoms with Crippen molar-refractivity contribution in [3.05, 3.63) is 96.3 Å². The summed E-state index contributed by atoms with van der Waals surface area (Å²) in [7, 11) is 0. The molecule has 1 amide bonds. The molecule has 0 aliphatic heterocycles. The number of nitrogens with zero attached hydrogens (tertiary/aromatic N) is 3. The summed E-state index contributed by atoms with van der Waals surface area (Å²) in [6.07, 6.45) is 0. The Bertz CT molecular complexity index is 1350. The van der Waals surface area contributed by atoms with Gasteiger partial charge in [-0.1, -0.05) is 36.4 Å². The minimum atomic E-state index is -0.699. The number of pyridine rings is 1. The molecular weight excluding hydrogens is 421 g/mol. The summed E-state index contributed by atoms with van der Waals surface area (Å²) in [5, 5.41) is 9.66. The second-order valence-corrected chi connectivity index (χ2v) is 7.13. The van der Waals surface area contributed by atoms with Gasteiger partial charge in [0.1, 0.15) is 12.4 Å². The molecule has 4 aromatic rings. The Morgan fingerprint density at radius 2 is 1.67 bits per heavy atom. The quantitative estimate of drug-likeness (QED) is 0.320. The number of nitriles is 1. The molecule has 3 aromatic carbocycles. The van der Waals surface area contributed by atoms with Crippen LogP contribution in [0.5, 0.6) is 0 Å². The number of benzene rings is 3. The molecule has 0 unspecified atom stereocenters. The second kappa shape index (κ2) is 9.71.